The normalized spacial score (nSPS) is 11.0. The van der Waals surface area contributed by atoms with Crippen LogP contribution in [0.15, 0.2) is 24.3 Å². The summed E-state index contributed by atoms with van der Waals surface area (Å²) in [5.74, 6) is -1.55. The van der Waals surface area contributed by atoms with E-state index in [2.05, 4.69) is 5.10 Å². The molecule has 21 heavy (non-hydrogen) atoms. The molecule has 0 saturated heterocycles. The molecule has 0 unspecified atom stereocenters. The van der Waals surface area contributed by atoms with Crippen LogP contribution in [-0.4, -0.2) is 15.7 Å². The quantitative estimate of drug-likeness (QED) is 0.652. The summed E-state index contributed by atoms with van der Waals surface area (Å²) in [6, 6.07) is 4.33. The van der Waals surface area contributed by atoms with Crippen LogP contribution >= 0.6 is 0 Å². The number of hydrogen-bond acceptors (Lipinski definition) is 4. The van der Waals surface area contributed by atoms with E-state index in [4.69, 9.17) is 5.73 Å². The molecule has 2 rings (SSSR count). The number of hydrogen-bond donors (Lipinski definition) is 1. The number of carboxylic acid groups (broad SMARTS) is 1. The third-order valence-corrected chi connectivity index (χ3v) is 2.74. The Morgan fingerprint density at radius 2 is 2.00 bits per heavy atom. The van der Waals surface area contributed by atoms with Gasteiger partial charge in [0, 0.05) is 12.6 Å². The van der Waals surface area contributed by atoms with Gasteiger partial charge in [-0.1, -0.05) is 12.1 Å². The van der Waals surface area contributed by atoms with E-state index >= 15 is 0 Å². The number of aryl methyl sites for hydroxylation is 1. The van der Waals surface area contributed by atoms with Crippen molar-refractivity contribution in [3.05, 3.63) is 35.5 Å². The Bertz CT molecular complexity index is 683. The number of aromatic nitrogens is 2. The standard InChI is InChI=1S/C12H10F3N3O2.K/c1-18-10(11(19)20)8(16)9(17-18)6-3-2-4-7(5-6)12(13,14)15;/h2-5H,16H2,1H3,(H,19,20);/q;+1/p-1. The fourth-order valence-electron chi connectivity index (χ4n) is 1.84. The predicted molar refractivity (Wildman–Crippen MR) is 62.4 cm³/mol. The fourth-order valence-corrected chi connectivity index (χ4v) is 1.84. The molecule has 0 fully saturated rings. The Morgan fingerprint density at radius 1 is 1.38 bits per heavy atom. The molecule has 0 amide bonds. The molecular formula is C12H9F3KN3O2. The Hall–Kier alpha value is -0.874. The molecule has 2 N–H and O–H groups in total. The van der Waals surface area contributed by atoms with Crippen LogP contribution in [0, 0.1) is 0 Å². The summed E-state index contributed by atoms with van der Waals surface area (Å²) in [4.78, 5) is 10.9. The molecule has 0 saturated carbocycles. The van der Waals surface area contributed by atoms with E-state index in [9.17, 15) is 23.1 Å². The van der Waals surface area contributed by atoms with E-state index in [-0.39, 0.29) is 74.0 Å². The first-order valence-corrected chi connectivity index (χ1v) is 5.43. The van der Waals surface area contributed by atoms with Crippen molar-refractivity contribution >= 4 is 11.7 Å². The molecule has 0 radical (unpaired) electrons. The van der Waals surface area contributed by atoms with Gasteiger partial charge in [0.2, 0.25) is 0 Å². The molecule has 2 aromatic rings. The summed E-state index contributed by atoms with van der Waals surface area (Å²) in [6.45, 7) is 0. The number of carboxylic acids is 1. The first-order valence-electron chi connectivity index (χ1n) is 5.43. The molecule has 1 aromatic heterocycles. The summed E-state index contributed by atoms with van der Waals surface area (Å²) in [5, 5.41) is 14.7. The van der Waals surface area contributed by atoms with E-state index in [1.165, 1.54) is 19.2 Å². The molecule has 0 atom stereocenters. The number of halogens is 3. The summed E-state index contributed by atoms with van der Waals surface area (Å²) in [7, 11) is 1.32. The van der Waals surface area contributed by atoms with Crippen molar-refractivity contribution in [3.8, 4) is 11.3 Å². The van der Waals surface area contributed by atoms with Crippen molar-refractivity contribution in [2.45, 2.75) is 6.18 Å². The van der Waals surface area contributed by atoms with Crippen LogP contribution in [0.4, 0.5) is 18.9 Å². The number of nitrogens with two attached hydrogens (primary N) is 1. The van der Waals surface area contributed by atoms with E-state index in [1.54, 1.807) is 0 Å². The zero-order valence-corrected chi connectivity index (χ0v) is 14.4. The number of anilines is 1. The number of carbonyl (C=O) groups excluding carboxylic acids is 1. The third-order valence-electron chi connectivity index (χ3n) is 2.74. The number of aromatic carboxylic acids is 1. The number of carbonyl (C=O) groups is 1. The Kier molecular flexibility index (Phi) is 5.61. The molecule has 5 nitrogen and oxygen atoms in total. The van der Waals surface area contributed by atoms with Crippen LogP contribution < -0.4 is 62.2 Å². The van der Waals surface area contributed by atoms with E-state index < -0.39 is 17.7 Å². The van der Waals surface area contributed by atoms with Gasteiger partial charge in [0.1, 0.15) is 11.4 Å². The van der Waals surface area contributed by atoms with Crippen LogP contribution in [0.25, 0.3) is 11.3 Å². The number of nitrogens with zero attached hydrogens (tertiary/aromatic N) is 2. The third kappa shape index (κ3) is 3.66. The molecule has 1 heterocycles. The number of benzene rings is 1. The summed E-state index contributed by atoms with van der Waals surface area (Å²) in [6.07, 6.45) is -4.50. The molecule has 0 bridgehead atoms. The SMILES string of the molecule is Cn1nc(-c2cccc(C(F)(F)F)c2)c(N)c1C(=O)[O-].[K+]. The van der Waals surface area contributed by atoms with E-state index in [0.29, 0.717) is 0 Å². The van der Waals surface area contributed by atoms with Gasteiger partial charge in [-0.05, 0) is 12.1 Å². The van der Waals surface area contributed by atoms with Gasteiger partial charge in [0.05, 0.1) is 17.2 Å². The summed E-state index contributed by atoms with van der Waals surface area (Å²) >= 11 is 0. The van der Waals surface area contributed by atoms with Crippen molar-refractivity contribution in [1.29, 1.82) is 0 Å². The topological polar surface area (TPSA) is 84.0 Å². The number of rotatable bonds is 2. The van der Waals surface area contributed by atoms with Crippen LogP contribution in [-0.2, 0) is 13.2 Å². The first kappa shape index (κ1) is 18.2. The van der Waals surface area contributed by atoms with Crippen LogP contribution in [0.1, 0.15) is 16.1 Å². The Morgan fingerprint density at radius 3 is 2.48 bits per heavy atom. The van der Waals surface area contributed by atoms with Gasteiger partial charge in [0.25, 0.3) is 0 Å². The van der Waals surface area contributed by atoms with Gasteiger partial charge in [-0.3, -0.25) is 4.68 Å². The van der Waals surface area contributed by atoms with Crippen molar-refractivity contribution < 1.29 is 74.5 Å². The van der Waals surface area contributed by atoms with Gasteiger partial charge >= 0.3 is 57.6 Å². The minimum atomic E-state index is -4.50. The summed E-state index contributed by atoms with van der Waals surface area (Å²) in [5.41, 5.74) is 4.19. The van der Waals surface area contributed by atoms with Crippen molar-refractivity contribution in [3.63, 3.8) is 0 Å². The largest absolute Gasteiger partial charge is 1.00 e. The fraction of sp³-hybridized carbons (Fsp3) is 0.167. The maximum Gasteiger partial charge on any atom is 1.00 e. The van der Waals surface area contributed by atoms with Gasteiger partial charge in [-0.25, -0.2) is 0 Å². The molecule has 1 aromatic carbocycles. The Balaban J connectivity index is 0.00000220. The minimum absolute atomic E-state index is 0. The van der Waals surface area contributed by atoms with Gasteiger partial charge in [0.15, 0.2) is 0 Å². The average molecular weight is 323 g/mol. The second-order valence-electron chi connectivity index (χ2n) is 4.10. The van der Waals surface area contributed by atoms with Gasteiger partial charge < -0.3 is 15.6 Å². The molecule has 106 valence electrons. The molecule has 9 heteroatoms. The number of nitrogen functional groups attached to an aromatic ring is 1. The zero-order chi connectivity index (χ0) is 15.1. The van der Waals surface area contributed by atoms with Crippen molar-refractivity contribution in [2.24, 2.45) is 7.05 Å². The van der Waals surface area contributed by atoms with E-state index in [0.717, 1.165) is 16.8 Å². The monoisotopic (exact) mass is 323 g/mol. The second-order valence-corrected chi connectivity index (χ2v) is 4.10. The van der Waals surface area contributed by atoms with Crippen molar-refractivity contribution in [1.82, 2.24) is 9.78 Å². The smallest absolute Gasteiger partial charge is 0.543 e. The number of alkyl halides is 3. The predicted octanol–water partition coefficient (Wildman–Crippen LogP) is -1.94. The molecule has 0 aliphatic rings. The Labute approximate surface area is 160 Å². The van der Waals surface area contributed by atoms with Gasteiger partial charge in [-0.15, -0.1) is 0 Å². The van der Waals surface area contributed by atoms with Crippen LogP contribution in [0.2, 0.25) is 0 Å². The average Bonchev–Trinajstić information content (AvgIpc) is 2.64. The van der Waals surface area contributed by atoms with Gasteiger partial charge in [-0.2, -0.15) is 18.3 Å². The zero-order valence-electron chi connectivity index (χ0n) is 11.2. The van der Waals surface area contributed by atoms with Crippen molar-refractivity contribution in [2.75, 3.05) is 5.73 Å². The molecule has 0 aliphatic carbocycles. The van der Waals surface area contributed by atoms with E-state index in [1.807, 2.05) is 0 Å². The maximum absolute atomic E-state index is 12.6. The second kappa shape index (κ2) is 6.49. The van der Waals surface area contributed by atoms with Crippen LogP contribution in [0.5, 0.6) is 0 Å². The summed E-state index contributed by atoms with van der Waals surface area (Å²) < 4.78 is 38.9. The molecule has 0 spiro atoms. The minimum Gasteiger partial charge on any atom is -0.543 e. The van der Waals surface area contributed by atoms with Crippen LogP contribution in [0.3, 0.4) is 0 Å². The molecule has 0 aliphatic heterocycles. The first-order chi connectivity index (χ1) is 9.21. The maximum atomic E-state index is 12.6. The molecular weight excluding hydrogens is 314 g/mol.